The summed E-state index contributed by atoms with van der Waals surface area (Å²) in [7, 11) is 5.57. The number of methoxy groups -OCH3 is 1. The van der Waals surface area contributed by atoms with Crippen molar-refractivity contribution < 1.29 is 9.47 Å². The molecule has 0 aliphatic rings. The molecule has 0 aliphatic carbocycles. The molecule has 0 radical (unpaired) electrons. The van der Waals surface area contributed by atoms with Gasteiger partial charge in [-0.3, -0.25) is 4.99 Å². The monoisotopic (exact) mass is 506 g/mol. The SMILES string of the molecule is CCCCN(C)C(=NC)NCc1ccc(OCCN(CC)CC)c(OC)c1.I. The number of hydrogen-bond acceptors (Lipinski definition) is 4. The quantitative estimate of drug-likeness (QED) is 0.265. The molecule has 28 heavy (non-hydrogen) atoms. The third kappa shape index (κ3) is 9.32. The van der Waals surface area contributed by atoms with E-state index in [0.29, 0.717) is 13.2 Å². The van der Waals surface area contributed by atoms with Crippen molar-refractivity contribution in [1.29, 1.82) is 0 Å². The highest BCUT2D eigenvalue weighted by Crippen LogP contribution is 2.28. The van der Waals surface area contributed by atoms with Gasteiger partial charge in [-0.15, -0.1) is 24.0 Å². The summed E-state index contributed by atoms with van der Waals surface area (Å²) in [5.41, 5.74) is 1.13. The maximum Gasteiger partial charge on any atom is 0.193 e. The Morgan fingerprint density at radius 3 is 2.39 bits per heavy atom. The van der Waals surface area contributed by atoms with E-state index in [1.165, 1.54) is 6.42 Å². The third-order valence-electron chi connectivity index (χ3n) is 4.66. The van der Waals surface area contributed by atoms with Gasteiger partial charge in [-0.05, 0) is 37.2 Å². The number of guanidine groups is 1. The molecule has 6 nitrogen and oxygen atoms in total. The topological polar surface area (TPSA) is 49.3 Å². The van der Waals surface area contributed by atoms with Crippen LogP contribution in [0.15, 0.2) is 23.2 Å². The van der Waals surface area contributed by atoms with E-state index < -0.39 is 0 Å². The number of benzene rings is 1. The summed E-state index contributed by atoms with van der Waals surface area (Å²) < 4.78 is 11.5. The zero-order valence-corrected chi connectivity index (χ0v) is 20.8. The number of rotatable bonds is 12. The first kappa shape index (κ1) is 26.8. The Bertz CT molecular complexity index is 565. The van der Waals surface area contributed by atoms with Crippen LogP contribution in [-0.4, -0.2) is 69.8 Å². The van der Waals surface area contributed by atoms with Crippen molar-refractivity contribution in [3.63, 3.8) is 0 Å². The number of likely N-dealkylation sites (N-methyl/N-ethyl adjacent to an activating group) is 1. The highest BCUT2D eigenvalue weighted by Gasteiger charge is 2.09. The number of unbranched alkanes of at least 4 members (excludes halogenated alkanes) is 1. The lowest BCUT2D eigenvalue weighted by Gasteiger charge is -2.22. The molecule has 1 aromatic carbocycles. The van der Waals surface area contributed by atoms with Crippen LogP contribution in [0.5, 0.6) is 11.5 Å². The van der Waals surface area contributed by atoms with Gasteiger partial charge in [0.25, 0.3) is 0 Å². The van der Waals surface area contributed by atoms with Crippen molar-refractivity contribution in [3.05, 3.63) is 23.8 Å². The van der Waals surface area contributed by atoms with Gasteiger partial charge >= 0.3 is 0 Å². The smallest absolute Gasteiger partial charge is 0.193 e. The maximum absolute atomic E-state index is 5.93. The lowest BCUT2D eigenvalue weighted by molar-refractivity contribution is 0.217. The van der Waals surface area contributed by atoms with Gasteiger partial charge in [0.05, 0.1) is 7.11 Å². The van der Waals surface area contributed by atoms with Crippen molar-refractivity contribution in [2.24, 2.45) is 4.99 Å². The largest absolute Gasteiger partial charge is 0.493 e. The van der Waals surface area contributed by atoms with Gasteiger partial charge < -0.3 is 24.6 Å². The Morgan fingerprint density at radius 2 is 1.82 bits per heavy atom. The summed E-state index contributed by atoms with van der Waals surface area (Å²) >= 11 is 0. The average molecular weight is 506 g/mol. The van der Waals surface area contributed by atoms with Crippen molar-refractivity contribution in [2.75, 3.05) is 54.0 Å². The zero-order valence-electron chi connectivity index (χ0n) is 18.5. The maximum atomic E-state index is 5.93. The molecule has 0 saturated heterocycles. The van der Waals surface area contributed by atoms with Gasteiger partial charge in [0.1, 0.15) is 6.61 Å². The van der Waals surface area contributed by atoms with Gasteiger partial charge in [-0.2, -0.15) is 0 Å². The molecule has 1 aromatic rings. The Kier molecular flexibility index (Phi) is 15.0. The first-order valence-electron chi connectivity index (χ1n) is 10.0. The van der Waals surface area contributed by atoms with Crippen LogP contribution in [0.1, 0.15) is 39.2 Å². The van der Waals surface area contributed by atoms with Crippen molar-refractivity contribution in [1.82, 2.24) is 15.1 Å². The fourth-order valence-corrected chi connectivity index (χ4v) is 2.83. The highest BCUT2D eigenvalue weighted by atomic mass is 127. The molecule has 0 aliphatic heterocycles. The average Bonchev–Trinajstić information content (AvgIpc) is 2.70. The molecule has 0 aromatic heterocycles. The van der Waals surface area contributed by atoms with E-state index >= 15 is 0 Å². The molecular formula is C21H39IN4O2. The second kappa shape index (κ2) is 15.7. The highest BCUT2D eigenvalue weighted by molar-refractivity contribution is 14.0. The minimum atomic E-state index is 0. The predicted octanol–water partition coefficient (Wildman–Crippen LogP) is 3.84. The Balaban J connectivity index is 0.00000729. The van der Waals surface area contributed by atoms with Crippen LogP contribution in [0, 0.1) is 0 Å². The first-order chi connectivity index (χ1) is 13.1. The predicted molar refractivity (Wildman–Crippen MR) is 129 cm³/mol. The van der Waals surface area contributed by atoms with Gasteiger partial charge in [-0.1, -0.05) is 33.3 Å². The van der Waals surface area contributed by atoms with E-state index in [1.807, 2.05) is 19.2 Å². The minimum Gasteiger partial charge on any atom is -0.493 e. The lowest BCUT2D eigenvalue weighted by atomic mass is 10.2. The molecule has 0 amide bonds. The molecule has 1 N–H and O–H groups in total. The molecule has 0 heterocycles. The molecular weight excluding hydrogens is 467 g/mol. The second-order valence-corrected chi connectivity index (χ2v) is 6.54. The van der Waals surface area contributed by atoms with E-state index in [1.54, 1.807) is 7.11 Å². The van der Waals surface area contributed by atoms with Crippen LogP contribution in [0.2, 0.25) is 0 Å². The molecule has 0 unspecified atom stereocenters. The van der Waals surface area contributed by atoms with Crippen molar-refractivity contribution in [3.8, 4) is 11.5 Å². The van der Waals surface area contributed by atoms with Crippen LogP contribution in [0.3, 0.4) is 0 Å². The van der Waals surface area contributed by atoms with Crippen LogP contribution in [0.4, 0.5) is 0 Å². The van der Waals surface area contributed by atoms with E-state index in [4.69, 9.17) is 9.47 Å². The number of nitrogens with zero attached hydrogens (tertiary/aromatic N) is 3. The van der Waals surface area contributed by atoms with Crippen LogP contribution >= 0.6 is 24.0 Å². The van der Waals surface area contributed by atoms with Gasteiger partial charge in [0.15, 0.2) is 17.5 Å². The van der Waals surface area contributed by atoms with Crippen molar-refractivity contribution >= 4 is 29.9 Å². The number of nitrogens with one attached hydrogen (secondary N) is 1. The summed E-state index contributed by atoms with van der Waals surface area (Å²) in [5, 5.41) is 3.41. The van der Waals surface area contributed by atoms with E-state index in [-0.39, 0.29) is 24.0 Å². The number of halogens is 1. The van der Waals surface area contributed by atoms with Gasteiger partial charge in [-0.25, -0.2) is 0 Å². The van der Waals surface area contributed by atoms with Crippen LogP contribution in [0.25, 0.3) is 0 Å². The summed E-state index contributed by atoms with van der Waals surface area (Å²) in [6.45, 7) is 11.9. The second-order valence-electron chi connectivity index (χ2n) is 6.54. The van der Waals surface area contributed by atoms with E-state index in [2.05, 4.69) is 54.0 Å². The van der Waals surface area contributed by atoms with Gasteiger partial charge in [0.2, 0.25) is 0 Å². The Hall–Kier alpha value is -1.22. The number of aliphatic imine (C=N–C) groups is 1. The fraction of sp³-hybridized carbons (Fsp3) is 0.667. The number of hydrogen-bond donors (Lipinski definition) is 1. The molecule has 0 spiro atoms. The van der Waals surface area contributed by atoms with Gasteiger partial charge in [0, 0.05) is 33.7 Å². The van der Waals surface area contributed by atoms with Crippen molar-refractivity contribution in [2.45, 2.75) is 40.2 Å². The summed E-state index contributed by atoms with van der Waals surface area (Å²) in [5.74, 6) is 2.46. The zero-order chi connectivity index (χ0) is 20.1. The molecule has 7 heteroatoms. The molecule has 162 valence electrons. The molecule has 0 bridgehead atoms. The summed E-state index contributed by atoms with van der Waals surface area (Å²) in [4.78, 5) is 8.86. The standard InChI is InChI=1S/C21H38N4O2.HI/c1-7-10-13-24(5)21(22-4)23-17-18-11-12-19(20(16-18)26-6)27-15-14-25(8-2)9-3;/h11-12,16H,7-10,13-15,17H2,1-6H3,(H,22,23);1H. The molecule has 0 atom stereocenters. The normalized spacial score (nSPS) is 11.2. The van der Waals surface area contributed by atoms with E-state index in [0.717, 1.165) is 55.6 Å². The number of ether oxygens (including phenoxy) is 2. The fourth-order valence-electron chi connectivity index (χ4n) is 2.83. The molecule has 0 fully saturated rings. The van der Waals surface area contributed by atoms with E-state index in [9.17, 15) is 0 Å². The van der Waals surface area contributed by atoms with Crippen LogP contribution in [-0.2, 0) is 6.54 Å². The lowest BCUT2D eigenvalue weighted by Crippen LogP contribution is -2.38. The Morgan fingerprint density at radius 1 is 1.11 bits per heavy atom. The molecule has 1 rings (SSSR count). The van der Waals surface area contributed by atoms with Crippen LogP contribution < -0.4 is 14.8 Å². The Labute approximate surface area is 188 Å². The third-order valence-corrected chi connectivity index (χ3v) is 4.66. The molecule has 0 saturated carbocycles. The minimum absolute atomic E-state index is 0. The summed E-state index contributed by atoms with van der Waals surface area (Å²) in [6, 6.07) is 6.09. The first-order valence-corrected chi connectivity index (χ1v) is 10.0. The summed E-state index contributed by atoms with van der Waals surface area (Å²) in [6.07, 6.45) is 2.33.